The van der Waals surface area contributed by atoms with Gasteiger partial charge in [0.2, 0.25) is 0 Å². The molecule has 0 atom stereocenters. The van der Waals surface area contributed by atoms with Gasteiger partial charge in [0.25, 0.3) is 36.0 Å². The van der Waals surface area contributed by atoms with Gasteiger partial charge in [-0.1, -0.05) is 0 Å². The van der Waals surface area contributed by atoms with Crippen LogP contribution in [0.4, 0.5) is 5.69 Å². The summed E-state index contributed by atoms with van der Waals surface area (Å²) in [6, 6.07) is 1.68. The van der Waals surface area contributed by atoms with Crippen molar-refractivity contribution in [2.75, 3.05) is 0 Å². The molecule has 0 aromatic heterocycles. The van der Waals surface area contributed by atoms with Gasteiger partial charge in [0.15, 0.2) is 0 Å². The van der Waals surface area contributed by atoms with Gasteiger partial charge in [-0.3, -0.25) is 23.8 Å². The number of benzene rings is 2. The zero-order chi connectivity index (χ0) is 19.4. The average Bonchev–Trinajstić information content (AvgIpc) is 2.41. The zero-order valence-corrected chi connectivity index (χ0v) is 14.0. The van der Waals surface area contributed by atoms with Gasteiger partial charge in [0.05, 0.1) is 9.82 Å². The number of non-ortho nitro benzene ring substituents is 1. The Morgan fingerprint density at radius 3 is 1.56 bits per heavy atom. The molecular formula is C10H7NO11S3. The van der Waals surface area contributed by atoms with E-state index >= 15 is 0 Å². The standard InChI is InChI=1S/C10H7NO11S3/c12-11(13)5-1-7-8(9(2-5)24(17,18)19)3-6(23(14,15)16)4-10(7)25(20,21)22/h1-4H,(H,14,15,16)(H,17,18,19)(H,20,21,22). The molecule has 2 rings (SSSR count). The zero-order valence-electron chi connectivity index (χ0n) is 11.6. The van der Waals surface area contributed by atoms with Crippen molar-refractivity contribution < 1.29 is 43.8 Å². The van der Waals surface area contributed by atoms with Crippen LogP contribution in [0.1, 0.15) is 0 Å². The fraction of sp³-hybridized carbons (Fsp3) is 0. The van der Waals surface area contributed by atoms with E-state index in [0.717, 1.165) is 0 Å². The van der Waals surface area contributed by atoms with Gasteiger partial charge in [-0.2, -0.15) is 25.3 Å². The molecule has 0 unspecified atom stereocenters. The lowest BCUT2D eigenvalue weighted by Gasteiger charge is -2.10. The highest BCUT2D eigenvalue weighted by Crippen LogP contribution is 2.35. The highest BCUT2D eigenvalue weighted by molar-refractivity contribution is 7.87. The third-order valence-electron chi connectivity index (χ3n) is 3.02. The van der Waals surface area contributed by atoms with E-state index in [-0.39, 0.29) is 6.07 Å². The molecule has 0 saturated heterocycles. The van der Waals surface area contributed by atoms with Crippen molar-refractivity contribution in [3.05, 3.63) is 34.4 Å². The second-order valence-electron chi connectivity index (χ2n) is 4.64. The first-order chi connectivity index (χ1) is 11.1. The van der Waals surface area contributed by atoms with E-state index in [2.05, 4.69) is 0 Å². The molecule has 0 aliphatic carbocycles. The normalized spacial score (nSPS) is 13.1. The van der Waals surface area contributed by atoms with Crippen molar-refractivity contribution >= 4 is 46.8 Å². The average molecular weight is 413 g/mol. The third-order valence-corrected chi connectivity index (χ3v) is 5.64. The van der Waals surface area contributed by atoms with Gasteiger partial charge in [-0.05, 0) is 12.1 Å². The molecule has 136 valence electrons. The topological polar surface area (TPSA) is 206 Å². The predicted molar refractivity (Wildman–Crippen MR) is 80.0 cm³/mol. The lowest BCUT2D eigenvalue weighted by molar-refractivity contribution is -0.384. The van der Waals surface area contributed by atoms with Crippen LogP contribution in [-0.2, 0) is 30.4 Å². The molecule has 0 amide bonds. The first-order valence-corrected chi connectivity index (χ1v) is 10.1. The smallest absolute Gasteiger partial charge is 0.282 e. The van der Waals surface area contributed by atoms with E-state index in [9.17, 15) is 44.5 Å². The van der Waals surface area contributed by atoms with Crippen molar-refractivity contribution in [2.24, 2.45) is 0 Å². The van der Waals surface area contributed by atoms with Gasteiger partial charge in [0, 0.05) is 22.9 Å². The molecule has 2 aromatic rings. The fourth-order valence-electron chi connectivity index (χ4n) is 2.04. The largest absolute Gasteiger partial charge is 0.295 e. The minimum absolute atomic E-state index is 0.282. The van der Waals surface area contributed by atoms with Gasteiger partial charge in [0.1, 0.15) is 9.79 Å². The van der Waals surface area contributed by atoms with Crippen LogP contribution < -0.4 is 0 Å². The van der Waals surface area contributed by atoms with Gasteiger partial charge in [-0.15, -0.1) is 0 Å². The summed E-state index contributed by atoms with van der Waals surface area (Å²) in [5.74, 6) is 0. The number of fused-ring (bicyclic) bond motifs is 1. The molecule has 0 fully saturated rings. The monoisotopic (exact) mass is 413 g/mol. The summed E-state index contributed by atoms with van der Waals surface area (Å²) in [6.45, 7) is 0. The number of hydrogen-bond donors (Lipinski definition) is 3. The minimum Gasteiger partial charge on any atom is -0.282 e. The molecule has 2 aromatic carbocycles. The summed E-state index contributed by atoms with van der Waals surface area (Å²) < 4.78 is 95.8. The molecule has 25 heavy (non-hydrogen) atoms. The van der Waals surface area contributed by atoms with Crippen LogP contribution in [0.25, 0.3) is 10.8 Å². The Hall–Kier alpha value is -2.17. The minimum atomic E-state index is -5.19. The van der Waals surface area contributed by atoms with E-state index < -0.39 is 66.4 Å². The summed E-state index contributed by atoms with van der Waals surface area (Å²) in [4.78, 5) is 6.27. The molecule has 0 aliphatic rings. The van der Waals surface area contributed by atoms with E-state index in [4.69, 9.17) is 4.55 Å². The van der Waals surface area contributed by atoms with E-state index in [1.54, 1.807) is 0 Å². The second-order valence-corrected chi connectivity index (χ2v) is 8.84. The Bertz CT molecular complexity index is 1230. The van der Waals surface area contributed by atoms with E-state index in [1.807, 2.05) is 0 Å². The maximum Gasteiger partial charge on any atom is 0.295 e. The van der Waals surface area contributed by atoms with Gasteiger partial charge in [-0.25, -0.2) is 0 Å². The quantitative estimate of drug-likeness (QED) is 0.357. The van der Waals surface area contributed by atoms with Gasteiger partial charge >= 0.3 is 0 Å². The number of nitro benzene ring substituents is 1. The van der Waals surface area contributed by atoms with Crippen LogP contribution in [0.3, 0.4) is 0 Å². The van der Waals surface area contributed by atoms with Crippen molar-refractivity contribution in [1.29, 1.82) is 0 Å². The maximum atomic E-state index is 11.5. The first kappa shape index (κ1) is 19.2. The van der Waals surface area contributed by atoms with Crippen molar-refractivity contribution in [1.82, 2.24) is 0 Å². The molecule has 0 bridgehead atoms. The van der Waals surface area contributed by atoms with E-state index in [1.165, 1.54) is 0 Å². The Labute approximate surface area is 140 Å². The Morgan fingerprint density at radius 1 is 0.720 bits per heavy atom. The lowest BCUT2D eigenvalue weighted by Crippen LogP contribution is -2.07. The number of rotatable bonds is 4. The van der Waals surface area contributed by atoms with Crippen LogP contribution in [0.5, 0.6) is 0 Å². The maximum absolute atomic E-state index is 11.5. The molecule has 3 N–H and O–H groups in total. The van der Waals surface area contributed by atoms with Crippen molar-refractivity contribution in [2.45, 2.75) is 14.7 Å². The summed E-state index contributed by atoms with van der Waals surface area (Å²) in [7, 11) is -15.4. The van der Waals surface area contributed by atoms with E-state index in [0.29, 0.717) is 18.2 Å². The lowest BCUT2D eigenvalue weighted by atomic mass is 10.1. The van der Waals surface area contributed by atoms with Crippen LogP contribution in [0.15, 0.2) is 39.0 Å². The summed E-state index contributed by atoms with van der Waals surface area (Å²) >= 11 is 0. The first-order valence-electron chi connectivity index (χ1n) is 5.81. The number of hydrogen-bond acceptors (Lipinski definition) is 8. The summed E-state index contributed by atoms with van der Waals surface area (Å²) in [5.41, 5.74) is -0.954. The fourth-order valence-corrected chi connectivity index (χ4v) is 4.08. The Kier molecular flexibility index (Phi) is 4.35. The van der Waals surface area contributed by atoms with Crippen LogP contribution >= 0.6 is 0 Å². The number of nitrogens with zero attached hydrogens (tertiary/aromatic N) is 1. The Balaban J connectivity index is 3.26. The SMILES string of the molecule is O=[N+]([O-])c1cc(S(=O)(=O)O)c2cc(S(=O)(=O)O)cc(S(=O)(=O)O)c2c1. The molecule has 0 radical (unpaired) electrons. The van der Waals surface area contributed by atoms with Crippen LogP contribution in [0, 0.1) is 10.1 Å². The summed E-state index contributed by atoms with van der Waals surface area (Å²) in [5, 5.41) is 9.36. The highest BCUT2D eigenvalue weighted by atomic mass is 32.2. The van der Waals surface area contributed by atoms with Gasteiger partial charge < -0.3 is 0 Å². The highest BCUT2D eigenvalue weighted by Gasteiger charge is 2.27. The second kappa shape index (κ2) is 5.68. The molecule has 0 heterocycles. The summed E-state index contributed by atoms with van der Waals surface area (Å²) in [6.07, 6.45) is 0. The van der Waals surface area contributed by atoms with Crippen LogP contribution in [-0.4, -0.2) is 43.8 Å². The molecular weight excluding hydrogens is 406 g/mol. The molecule has 12 nitrogen and oxygen atoms in total. The van der Waals surface area contributed by atoms with Crippen LogP contribution in [0.2, 0.25) is 0 Å². The van der Waals surface area contributed by atoms with Crippen molar-refractivity contribution in [3.63, 3.8) is 0 Å². The Morgan fingerprint density at radius 2 is 1.16 bits per heavy atom. The molecule has 0 saturated carbocycles. The predicted octanol–water partition coefficient (Wildman–Crippen LogP) is 0.488. The molecule has 0 spiro atoms. The molecule has 0 aliphatic heterocycles. The third kappa shape index (κ3) is 3.75. The van der Waals surface area contributed by atoms with Crippen molar-refractivity contribution in [3.8, 4) is 0 Å². The molecule has 15 heteroatoms. The number of nitro groups is 1.